The van der Waals surface area contributed by atoms with E-state index in [4.69, 9.17) is 11.6 Å². The highest BCUT2D eigenvalue weighted by Crippen LogP contribution is 2.23. The van der Waals surface area contributed by atoms with Crippen LogP contribution in [0.1, 0.15) is 30.2 Å². The van der Waals surface area contributed by atoms with Gasteiger partial charge in [0.25, 0.3) is 0 Å². The molecule has 0 aliphatic rings. The quantitative estimate of drug-likeness (QED) is 0.874. The van der Waals surface area contributed by atoms with Crippen molar-refractivity contribution in [1.82, 2.24) is 5.32 Å². The predicted molar refractivity (Wildman–Crippen MR) is 79.2 cm³/mol. The molecule has 0 bridgehead atoms. The molecule has 21 heavy (non-hydrogen) atoms. The molecule has 0 saturated heterocycles. The number of halogens is 3. The van der Waals surface area contributed by atoms with E-state index in [9.17, 15) is 13.9 Å². The van der Waals surface area contributed by atoms with Gasteiger partial charge in [-0.25, -0.2) is 8.78 Å². The van der Waals surface area contributed by atoms with Crippen molar-refractivity contribution in [1.29, 1.82) is 0 Å². The highest BCUT2D eigenvalue weighted by Gasteiger charge is 2.14. The van der Waals surface area contributed by atoms with Gasteiger partial charge in [0, 0.05) is 17.6 Å². The molecule has 112 valence electrons. The summed E-state index contributed by atoms with van der Waals surface area (Å²) in [5, 5.41) is 13.8. The Morgan fingerprint density at radius 2 is 1.86 bits per heavy atom. The molecule has 0 aromatic heterocycles. The van der Waals surface area contributed by atoms with Crippen molar-refractivity contribution in [2.24, 2.45) is 0 Å². The molecule has 0 fully saturated rings. The Hall–Kier alpha value is -1.49. The number of hydrogen-bond acceptors (Lipinski definition) is 2. The van der Waals surface area contributed by atoms with E-state index in [1.807, 2.05) is 25.1 Å². The van der Waals surface area contributed by atoms with E-state index in [1.54, 1.807) is 6.07 Å². The molecule has 2 atom stereocenters. The molecule has 0 saturated carbocycles. The van der Waals surface area contributed by atoms with Gasteiger partial charge in [-0.1, -0.05) is 35.9 Å². The topological polar surface area (TPSA) is 32.3 Å². The summed E-state index contributed by atoms with van der Waals surface area (Å²) in [6.07, 6.45) is -0.926. The van der Waals surface area contributed by atoms with Crippen molar-refractivity contribution in [3.05, 3.63) is 70.2 Å². The number of rotatable bonds is 5. The van der Waals surface area contributed by atoms with Gasteiger partial charge in [-0.3, -0.25) is 0 Å². The van der Waals surface area contributed by atoms with Crippen LogP contribution in [-0.2, 0) is 0 Å². The van der Waals surface area contributed by atoms with Crippen LogP contribution in [-0.4, -0.2) is 11.7 Å². The minimum absolute atomic E-state index is 0.0707. The van der Waals surface area contributed by atoms with Crippen LogP contribution < -0.4 is 5.32 Å². The highest BCUT2D eigenvalue weighted by molar-refractivity contribution is 6.31. The van der Waals surface area contributed by atoms with Gasteiger partial charge in [-0.05, 0) is 36.2 Å². The van der Waals surface area contributed by atoms with Crippen molar-refractivity contribution in [2.45, 2.75) is 19.1 Å². The Morgan fingerprint density at radius 3 is 2.52 bits per heavy atom. The number of nitrogens with one attached hydrogen (secondary N) is 1. The third-order valence-corrected chi connectivity index (χ3v) is 3.66. The second kappa shape index (κ2) is 6.98. The number of benzene rings is 2. The summed E-state index contributed by atoms with van der Waals surface area (Å²) in [5.74, 6) is -1.89. The van der Waals surface area contributed by atoms with Gasteiger partial charge in [0.15, 0.2) is 11.6 Å². The summed E-state index contributed by atoms with van der Waals surface area (Å²) in [7, 11) is 0. The average molecular weight is 312 g/mol. The maximum Gasteiger partial charge on any atom is 0.159 e. The molecule has 0 heterocycles. The molecule has 0 spiro atoms. The van der Waals surface area contributed by atoms with E-state index in [0.717, 1.165) is 17.7 Å². The zero-order valence-corrected chi connectivity index (χ0v) is 12.2. The summed E-state index contributed by atoms with van der Waals surface area (Å²) in [6, 6.07) is 10.7. The maximum atomic E-state index is 13.1. The minimum atomic E-state index is -0.967. The maximum absolute atomic E-state index is 13.1. The van der Waals surface area contributed by atoms with Crippen LogP contribution in [0.5, 0.6) is 0 Å². The van der Waals surface area contributed by atoms with Gasteiger partial charge >= 0.3 is 0 Å². The summed E-state index contributed by atoms with van der Waals surface area (Å²) in [4.78, 5) is 0. The Kier molecular flexibility index (Phi) is 5.28. The molecule has 0 aliphatic heterocycles. The first kappa shape index (κ1) is 15.9. The monoisotopic (exact) mass is 311 g/mol. The lowest BCUT2D eigenvalue weighted by Gasteiger charge is -2.18. The standard InChI is InChI=1S/C16H16ClF2NO/c1-10(12-4-2-3-5-13(12)17)20-9-16(21)11-6-7-14(18)15(19)8-11/h2-8,10,16,20-21H,9H2,1H3/t10-,16?/m0/s1. The van der Waals surface area contributed by atoms with Crippen LogP contribution in [0.3, 0.4) is 0 Å². The van der Waals surface area contributed by atoms with Crippen LogP contribution in [0, 0.1) is 11.6 Å². The van der Waals surface area contributed by atoms with Crippen molar-refractivity contribution in [2.75, 3.05) is 6.54 Å². The molecule has 2 aromatic rings. The van der Waals surface area contributed by atoms with Crippen LogP contribution in [0.2, 0.25) is 5.02 Å². The molecular formula is C16H16ClF2NO. The first-order valence-corrected chi connectivity index (χ1v) is 6.97. The Morgan fingerprint density at radius 1 is 1.14 bits per heavy atom. The third kappa shape index (κ3) is 4.00. The van der Waals surface area contributed by atoms with Crippen LogP contribution in [0.15, 0.2) is 42.5 Å². The Balaban J connectivity index is 1.99. The average Bonchev–Trinajstić information content (AvgIpc) is 2.47. The lowest BCUT2D eigenvalue weighted by Crippen LogP contribution is -2.25. The van der Waals surface area contributed by atoms with Gasteiger partial charge in [0.05, 0.1) is 6.10 Å². The Bertz CT molecular complexity index is 621. The lowest BCUT2D eigenvalue weighted by molar-refractivity contribution is 0.170. The molecule has 1 unspecified atom stereocenters. The SMILES string of the molecule is C[C@H](NCC(O)c1ccc(F)c(F)c1)c1ccccc1Cl. The smallest absolute Gasteiger partial charge is 0.159 e. The van der Waals surface area contributed by atoms with Crippen molar-refractivity contribution < 1.29 is 13.9 Å². The van der Waals surface area contributed by atoms with E-state index in [2.05, 4.69) is 5.32 Å². The highest BCUT2D eigenvalue weighted by atomic mass is 35.5. The van der Waals surface area contributed by atoms with Crippen LogP contribution >= 0.6 is 11.6 Å². The fourth-order valence-corrected chi connectivity index (χ4v) is 2.36. The number of hydrogen-bond donors (Lipinski definition) is 2. The molecule has 0 radical (unpaired) electrons. The van der Waals surface area contributed by atoms with Crippen molar-refractivity contribution >= 4 is 11.6 Å². The normalized spacial score (nSPS) is 14.0. The van der Waals surface area contributed by atoms with E-state index < -0.39 is 17.7 Å². The second-order valence-corrected chi connectivity index (χ2v) is 5.25. The summed E-state index contributed by atoms with van der Waals surface area (Å²) in [5.41, 5.74) is 1.24. The van der Waals surface area contributed by atoms with Gasteiger partial charge in [0.2, 0.25) is 0 Å². The number of aliphatic hydroxyl groups is 1. The lowest BCUT2D eigenvalue weighted by atomic mass is 10.1. The van der Waals surface area contributed by atoms with E-state index in [1.165, 1.54) is 6.07 Å². The van der Waals surface area contributed by atoms with Gasteiger partial charge < -0.3 is 10.4 Å². The summed E-state index contributed by atoms with van der Waals surface area (Å²) < 4.78 is 26.0. The third-order valence-electron chi connectivity index (χ3n) is 3.32. The van der Waals surface area contributed by atoms with E-state index in [-0.39, 0.29) is 12.6 Å². The van der Waals surface area contributed by atoms with Gasteiger partial charge in [-0.15, -0.1) is 0 Å². The van der Waals surface area contributed by atoms with Crippen molar-refractivity contribution in [3.63, 3.8) is 0 Å². The number of aliphatic hydroxyl groups excluding tert-OH is 1. The molecule has 2 nitrogen and oxygen atoms in total. The molecular weight excluding hydrogens is 296 g/mol. The molecule has 0 aliphatic carbocycles. The van der Waals surface area contributed by atoms with E-state index >= 15 is 0 Å². The van der Waals surface area contributed by atoms with Gasteiger partial charge in [0.1, 0.15) is 0 Å². The minimum Gasteiger partial charge on any atom is -0.387 e. The molecule has 5 heteroatoms. The second-order valence-electron chi connectivity index (χ2n) is 4.84. The van der Waals surface area contributed by atoms with Gasteiger partial charge in [-0.2, -0.15) is 0 Å². The predicted octanol–water partition coefficient (Wildman–Crippen LogP) is 4.00. The molecule has 2 aromatic carbocycles. The Labute approximate surface area is 127 Å². The van der Waals surface area contributed by atoms with Crippen molar-refractivity contribution in [3.8, 4) is 0 Å². The van der Waals surface area contributed by atoms with Crippen LogP contribution in [0.4, 0.5) is 8.78 Å². The van der Waals surface area contributed by atoms with Crippen LogP contribution in [0.25, 0.3) is 0 Å². The molecule has 0 amide bonds. The zero-order valence-electron chi connectivity index (χ0n) is 11.5. The largest absolute Gasteiger partial charge is 0.387 e. The summed E-state index contributed by atoms with van der Waals surface area (Å²) >= 11 is 6.10. The first-order chi connectivity index (χ1) is 9.99. The zero-order chi connectivity index (χ0) is 15.4. The fraction of sp³-hybridized carbons (Fsp3) is 0.250. The fourth-order valence-electron chi connectivity index (χ4n) is 2.06. The molecule has 2 N–H and O–H groups in total. The molecule has 2 rings (SSSR count). The first-order valence-electron chi connectivity index (χ1n) is 6.60. The van der Waals surface area contributed by atoms with E-state index in [0.29, 0.717) is 10.6 Å². The summed E-state index contributed by atoms with van der Waals surface area (Å²) in [6.45, 7) is 2.12.